The Hall–Kier alpha value is -2.34. The number of anilines is 2. The highest BCUT2D eigenvalue weighted by Crippen LogP contribution is 2.12. The number of benzene rings is 1. The molecule has 2 rings (SSSR count). The third-order valence-electron chi connectivity index (χ3n) is 2.58. The van der Waals surface area contributed by atoms with E-state index in [0.717, 1.165) is 12.2 Å². The minimum absolute atomic E-state index is 0.348. The van der Waals surface area contributed by atoms with Gasteiger partial charge < -0.3 is 14.7 Å². The number of hydrogen-bond acceptors (Lipinski definition) is 4. The van der Waals surface area contributed by atoms with Gasteiger partial charge in [-0.2, -0.15) is 0 Å². The highest BCUT2D eigenvalue weighted by Gasteiger charge is 2.06. The summed E-state index contributed by atoms with van der Waals surface area (Å²) in [6, 6.07) is 9.00. The Morgan fingerprint density at radius 1 is 1.25 bits per heavy atom. The number of aryl methyl sites for hydroxylation is 1. The predicted octanol–water partition coefficient (Wildman–Crippen LogP) is 2.69. The first-order valence-electron chi connectivity index (χ1n) is 6.28. The molecular formula is C14H18N4O2. The fourth-order valence-corrected chi connectivity index (χ4v) is 1.76. The van der Waals surface area contributed by atoms with Crippen LogP contribution in [0.2, 0.25) is 0 Å². The second-order valence-electron chi connectivity index (χ2n) is 4.84. The molecule has 0 bridgehead atoms. The third kappa shape index (κ3) is 4.10. The molecule has 1 heterocycles. The quantitative estimate of drug-likeness (QED) is 0.899. The van der Waals surface area contributed by atoms with Gasteiger partial charge in [0.05, 0.1) is 0 Å². The standard InChI is InChI=1S/C14H18N4O2/c1-10-8-13(17-20-10)16-14(19)15-12-6-4-11(5-7-12)9-18(2)3/h4-8H,9H2,1-3H3,(H2,15,16,17,19). The van der Waals surface area contributed by atoms with Crippen molar-refractivity contribution < 1.29 is 9.32 Å². The van der Waals surface area contributed by atoms with Crippen LogP contribution in [0.3, 0.4) is 0 Å². The van der Waals surface area contributed by atoms with E-state index in [9.17, 15) is 4.79 Å². The van der Waals surface area contributed by atoms with E-state index in [4.69, 9.17) is 4.52 Å². The molecule has 0 aliphatic carbocycles. The molecule has 6 nitrogen and oxygen atoms in total. The van der Waals surface area contributed by atoms with Crippen LogP contribution in [-0.2, 0) is 6.54 Å². The Kier molecular flexibility index (Phi) is 4.37. The number of hydrogen-bond donors (Lipinski definition) is 2. The lowest BCUT2D eigenvalue weighted by molar-refractivity contribution is 0.262. The fourth-order valence-electron chi connectivity index (χ4n) is 1.76. The molecule has 0 unspecified atom stereocenters. The van der Waals surface area contributed by atoms with Crippen LogP contribution >= 0.6 is 0 Å². The highest BCUT2D eigenvalue weighted by atomic mass is 16.5. The van der Waals surface area contributed by atoms with Crippen molar-refractivity contribution in [2.24, 2.45) is 0 Å². The lowest BCUT2D eigenvalue weighted by Gasteiger charge is -2.10. The summed E-state index contributed by atoms with van der Waals surface area (Å²) in [6.07, 6.45) is 0. The molecule has 106 valence electrons. The molecule has 0 spiro atoms. The fraction of sp³-hybridized carbons (Fsp3) is 0.286. The number of nitrogens with zero attached hydrogens (tertiary/aromatic N) is 2. The van der Waals surface area contributed by atoms with E-state index in [1.54, 1.807) is 13.0 Å². The zero-order chi connectivity index (χ0) is 14.5. The number of nitrogens with one attached hydrogen (secondary N) is 2. The van der Waals surface area contributed by atoms with Crippen LogP contribution in [0.1, 0.15) is 11.3 Å². The van der Waals surface area contributed by atoms with Crippen LogP contribution in [0.15, 0.2) is 34.9 Å². The summed E-state index contributed by atoms with van der Waals surface area (Å²) >= 11 is 0. The van der Waals surface area contributed by atoms with Gasteiger partial charge >= 0.3 is 6.03 Å². The summed E-state index contributed by atoms with van der Waals surface area (Å²) in [5.41, 5.74) is 1.92. The summed E-state index contributed by atoms with van der Waals surface area (Å²) in [7, 11) is 4.03. The van der Waals surface area contributed by atoms with Crippen molar-refractivity contribution in [3.05, 3.63) is 41.7 Å². The average molecular weight is 274 g/mol. The minimum Gasteiger partial charge on any atom is -0.360 e. The topological polar surface area (TPSA) is 70.4 Å². The molecule has 6 heteroatoms. The van der Waals surface area contributed by atoms with Crippen LogP contribution in [0.4, 0.5) is 16.3 Å². The van der Waals surface area contributed by atoms with Crippen molar-refractivity contribution in [2.45, 2.75) is 13.5 Å². The molecule has 2 aromatic rings. The first kappa shape index (κ1) is 14.1. The van der Waals surface area contributed by atoms with Crippen molar-refractivity contribution in [1.29, 1.82) is 0 Å². The van der Waals surface area contributed by atoms with Gasteiger partial charge in [-0.05, 0) is 38.7 Å². The van der Waals surface area contributed by atoms with E-state index < -0.39 is 0 Å². The molecule has 2 amide bonds. The van der Waals surface area contributed by atoms with Crippen LogP contribution < -0.4 is 10.6 Å². The van der Waals surface area contributed by atoms with Crippen molar-refractivity contribution in [1.82, 2.24) is 10.1 Å². The summed E-state index contributed by atoms with van der Waals surface area (Å²) in [5, 5.41) is 9.02. The zero-order valence-electron chi connectivity index (χ0n) is 11.8. The average Bonchev–Trinajstić information content (AvgIpc) is 2.76. The van der Waals surface area contributed by atoms with Gasteiger partial charge in [0.1, 0.15) is 5.76 Å². The molecular weight excluding hydrogens is 256 g/mol. The van der Waals surface area contributed by atoms with Crippen LogP contribution in [0, 0.1) is 6.92 Å². The molecule has 0 radical (unpaired) electrons. The lowest BCUT2D eigenvalue weighted by Crippen LogP contribution is -2.19. The first-order chi connectivity index (χ1) is 9.52. The van der Waals surface area contributed by atoms with Crippen LogP contribution in [0.5, 0.6) is 0 Å². The Bertz CT molecular complexity index is 575. The Morgan fingerprint density at radius 3 is 2.50 bits per heavy atom. The van der Waals surface area contributed by atoms with E-state index in [2.05, 4.69) is 20.7 Å². The molecule has 0 fully saturated rings. The van der Waals surface area contributed by atoms with E-state index in [0.29, 0.717) is 11.6 Å². The maximum atomic E-state index is 11.7. The van der Waals surface area contributed by atoms with E-state index in [1.807, 2.05) is 38.4 Å². The van der Waals surface area contributed by atoms with Crippen molar-refractivity contribution in [3.8, 4) is 0 Å². The Morgan fingerprint density at radius 2 is 1.95 bits per heavy atom. The van der Waals surface area contributed by atoms with Gasteiger partial charge in [-0.1, -0.05) is 17.3 Å². The number of carbonyl (C=O) groups is 1. The number of aromatic nitrogens is 1. The van der Waals surface area contributed by atoms with Gasteiger partial charge in [-0.15, -0.1) is 0 Å². The molecule has 0 aliphatic heterocycles. The van der Waals surface area contributed by atoms with E-state index in [-0.39, 0.29) is 6.03 Å². The maximum Gasteiger partial charge on any atom is 0.324 e. The van der Waals surface area contributed by atoms with E-state index >= 15 is 0 Å². The van der Waals surface area contributed by atoms with Gasteiger partial charge in [-0.3, -0.25) is 5.32 Å². The Labute approximate surface area is 117 Å². The molecule has 0 atom stereocenters. The summed E-state index contributed by atoms with van der Waals surface area (Å²) in [5.74, 6) is 1.04. The summed E-state index contributed by atoms with van der Waals surface area (Å²) in [4.78, 5) is 13.8. The van der Waals surface area contributed by atoms with Gasteiger partial charge in [0.2, 0.25) is 0 Å². The lowest BCUT2D eigenvalue weighted by atomic mass is 10.2. The van der Waals surface area contributed by atoms with Crippen LogP contribution in [-0.4, -0.2) is 30.2 Å². The largest absolute Gasteiger partial charge is 0.360 e. The number of amides is 2. The van der Waals surface area contributed by atoms with E-state index in [1.165, 1.54) is 5.56 Å². The zero-order valence-corrected chi connectivity index (χ0v) is 11.8. The molecule has 1 aromatic heterocycles. The summed E-state index contributed by atoms with van der Waals surface area (Å²) < 4.78 is 4.87. The molecule has 20 heavy (non-hydrogen) atoms. The van der Waals surface area contributed by atoms with Gasteiger partial charge in [0.15, 0.2) is 5.82 Å². The SMILES string of the molecule is Cc1cc(NC(=O)Nc2ccc(CN(C)C)cc2)no1. The number of urea groups is 1. The van der Waals surface area contributed by atoms with Crippen LogP contribution in [0.25, 0.3) is 0 Å². The molecule has 0 saturated carbocycles. The minimum atomic E-state index is -0.348. The smallest absolute Gasteiger partial charge is 0.324 e. The number of rotatable bonds is 4. The number of carbonyl (C=O) groups excluding carboxylic acids is 1. The predicted molar refractivity (Wildman–Crippen MR) is 77.7 cm³/mol. The van der Waals surface area contributed by atoms with Crippen molar-refractivity contribution in [3.63, 3.8) is 0 Å². The second kappa shape index (κ2) is 6.21. The normalized spacial score (nSPS) is 10.6. The van der Waals surface area contributed by atoms with Gasteiger partial charge in [-0.25, -0.2) is 4.79 Å². The van der Waals surface area contributed by atoms with Gasteiger partial charge in [0, 0.05) is 18.3 Å². The highest BCUT2D eigenvalue weighted by molar-refractivity contribution is 5.99. The van der Waals surface area contributed by atoms with Crippen molar-refractivity contribution >= 4 is 17.5 Å². The van der Waals surface area contributed by atoms with Crippen molar-refractivity contribution in [2.75, 3.05) is 24.7 Å². The molecule has 0 saturated heterocycles. The van der Waals surface area contributed by atoms with Gasteiger partial charge in [0.25, 0.3) is 0 Å². The maximum absolute atomic E-state index is 11.7. The first-order valence-corrected chi connectivity index (χ1v) is 6.28. The third-order valence-corrected chi connectivity index (χ3v) is 2.58. The molecule has 1 aromatic carbocycles. The summed E-state index contributed by atoms with van der Waals surface area (Å²) in [6.45, 7) is 2.63. The monoisotopic (exact) mass is 274 g/mol. The second-order valence-corrected chi connectivity index (χ2v) is 4.84. The molecule has 2 N–H and O–H groups in total. The molecule has 0 aliphatic rings. The Balaban J connectivity index is 1.91.